The van der Waals surface area contributed by atoms with Gasteiger partial charge >= 0.3 is 0 Å². The quantitative estimate of drug-likeness (QED) is 0.155. The van der Waals surface area contributed by atoms with Crippen LogP contribution in [0.4, 0.5) is 0 Å². The molecule has 0 amide bonds. The highest BCUT2D eigenvalue weighted by molar-refractivity contribution is 5.30. The van der Waals surface area contributed by atoms with Crippen LogP contribution in [0.2, 0.25) is 0 Å². The van der Waals surface area contributed by atoms with Crippen molar-refractivity contribution in [2.45, 2.75) is 73.8 Å². The number of hydrogen-bond donors (Lipinski definition) is 4. The molecule has 0 spiro atoms. The highest BCUT2D eigenvalue weighted by Gasteiger charge is 2.55. The van der Waals surface area contributed by atoms with Gasteiger partial charge in [-0.1, -0.05) is 158 Å². The second kappa shape index (κ2) is 14.3. The predicted molar refractivity (Wildman–Crippen MR) is 199 cm³/mol. The monoisotopic (exact) mass is 666 g/mol. The fourth-order valence-electron chi connectivity index (χ4n) is 9.75. The Morgan fingerprint density at radius 2 is 0.400 bits per heavy atom. The van der Waals surface area contributed by atoms with Crippen molar-refractivity contribution in [3.05, 3.63) is 180 Å². The van der Waals surface area contributed by atoms with Crippen LogP contribution < -0.4 is 0 Å². The van der Waals surface area contributed by atoms with Crippen molar-refractivity contribution >= 4 is 0 Å². The standard InChI is InChI=1S/2C20H22O2.C6H6/c2*21-19(17-7-3-1-4-8-17)11-15-13-20(22,14-16(15)12-19)18-9-5-2-6-10-18;1-2-4-6-5-3-1/h2*1-10,15-16,21-22H,11-14H2;1-6H. The van der Waals surface area contributed by atoms with Crippen molar-refractivity contribution in [2.24, 2.45) is 23.7 Å². The van der Waals surface area contributed by atoms with Crippen molar-refractivity contribution < 1.29 is 20.4 Å². The third-order valence-corrected chi connectivity index (χ3v) is 12.0. The van der Waals surface area contributed by atoms with Gasteiger partial charge in [0.2, 0.25) is 0 Å². The van der Waals surface area contributed by atoms with Crippen LogP contribution in [0.15, 0.2) is 158 Å². The maximum Gasteiger partial charge on any atom is 0.0902 e. The molecule has 0 bridgehead atoms. The number of fused-ring (bicyclic) bond motifs is 2. The van der Waals surface area contributed by atoms with Crippen molar-refractivity contribution in [1.82, 2.24) is 0 Å². The average molecular weight is 667 g/mol. The molecule has 5 aromatic carbocycles. The summed E-state index contributed by atoms with van der Waals surface area (Å²) < 4.78 is 0. The van der Waals surface area contributed by atoms with E-state index in [1.165, 1.54) is 0 Å². The molecule has 258 valence electrons. The molecule has 0 radical (unpaired) electrons. The number of hydrogen-bond acceptors (Lipinski definition) is 4. The van der Waals surface area contributed by atoms with Crippen LogP contribution in [0.1, 0.15) is 73.6 Å². The summed E-state index contributed by atoms with van der Waals surface area (Å²) in [7, 11) is 0. The average Bonchev–Trinajstić information content (AvgIpc) is 3.85. The van der Waals surface area contributed by atoms with E-state index in [1.54, 1.807) is 0 Å². The summed E-state index contributed by atoms with van der Waals surface area (Å²) in [4.78, 5) is 0. The Hall–Kier alpha value is -4.06. The maximum atomic E-state index is 11.0. The van der Waals surface area contributed by atoms with Crippen molar-refractivity contribution in [1.29, 1.82) is 0 Å². The Morgan fingerprint density at radius 3 is 0.560 bits per heavy atom. The van der Waals surface area contributed by atoms with Gasteiger partial charge in [0, 0.05) is 0 Å². The molecule has 0 aromatic heterocycles. The van der Waals surface area contributed by atoms with E-state index >= 15 is 0 Å². The van der Waals surface area contributed by atoms with E-state index in [-0.39, 0.29) is 0 Å². The molecule has 4 nitrogen and oxygen atoms in total. The number of aliphatic hydroxyl groups is 4. The van der Waals surface area contributed by atoms with Crippen molar-refractivity contribution in [2.75, 3.05) is 0 Å². The van der Waals surface area contributed by atoms with Gasteiger partial charge in [0.15, 0.2) is 0 Å². The van der Waals surface area contributed by atoms with Crippen LogP contribution in [0.5, 0.6) is 0 Å². The van der Waals surface area contributed by atoms with Gasteiger partial charge in [-0.25, -0.2) is 0 Å². The topological polar surface area (TPSA) is 80.9 Å². The summed E-state index contributed by atoms with van der Waals surface area (Å²) in [6.45, 7) is 0. The number of benzene rings is 5. The first-order chi connectivity index (χ1) is 24.2. The first-order valence-electron chi connectivity index (χ1n) is 18.3. The van der Waals surface area contributed by atoms with Gasteiger partial charge in [-0.15, -0.1) is 0 Å². The van der Waals surface area contributed by atoms with Crippen LogP contribution in [-0.2, 0) is 22.4 Å². The molecule has 0 heterocycles. The zero-order valence-corrected chi connectivity index (χ0v) is 28.8. The lowest BCUT2D eigenvalue weighted by Crippen LogP contribution is -2.27. The molecule has 4 fully saturated rings. The minimum atomic E-state index is -0.714. The predicted octanol–water partition coefficient (Wildman–Crippen LogP) is 8.85. The summed E-state index contributed by atoms with van der Waals surface area (Å²) in [6.07, 6.45) is 6.09. The third kappa shape index (κ3) is 7.22. The van der Waals surface area contributed by atoms with Crippen molar-refractivity contribution in [3.63, 3.8) is 0 Å². The molecule has 0 atom stereocenters. The van der Waals surface area contributed by atoms with E-state index in [9.17, 15) is 20.4 Å². The zero-order valence-electron chi connectivity index (χ0n) is 28.8. The minimum Gasteiger partial charge on any atom is -0.385 e. The summed E-state index contributed by atoms with van der Waals surface area (Å²) >= 11 is 0. The highest BCUT2D eigenvalue weighted by Crippen LogP contribution is 2.59. The van der Waals surface area contributed by atoms with Gasteiger partial charge in [-0.05, 0) is 97.3 Å². The van der Waals surface area contributed by atoms with E-state index in [4.69, 9.17) is 0 Å². The fraction of sp³-hybridized carbons (Fsp3) is 0.348. The summed E-state index contributed by atoms with van der Waals surface area (Å²) in [5.74, 6) is 1.59. The normalized spacial score (nSPS) is 33.7. The van der Waals surface area contributed by atoms with Crippen molar-refractivity contribution in [3.8, 4) is 0 Å². The van der Waals surface area contributed by atoms with Gasteiger partial charge in [-0.2, -0.15) is 0 Å². The Labute approximate surface area is 297 Å². The van der Waals surface area contributed by atoms with E-state index in [0.29, 0.717) is 23.7 Å². The Morgan fingerprint density at radius 1 is 0.260 bits per heavy atom. The summed E-state index contributed by atoms with van der Waals surface area (Å²) in [6, 6.07) is 52.0. The summed E-state index contributed by atoms with van der Waals surface area (Å²) in [5.41, 5.74) is 1.23. The van der Waals surface area contributed by atoms with E-state index in [2.05, 4.69) is 0 Å². The third-order valence-electron chi connectivity index (χ3n) is 12.0. The molecule has 0 aliphatic heterocycles. The molecule has 4 aliphatic carbocycles. The molecular formula is C46H50O4. The van der Waals surface area contributed by atoms with Gasteiger partial charge in [0.05, 0.1) is 22.4 Å². The molecule has 0 unspecified atom stereocenters. The minimum absolute atomic E-state index is 0.399. The summed E-state index contributed by atoms with van der Waals surface area (Å²) in [5, 5.41) is 44.1. The molecule has 4 aliphatic rings. The molecule has 4 saturated carbocycles. The first kappa shape index (κ1) is 34.4. The van der Waals surface area contributed by atoms with Crippen LogP contribution in [0.25, 0.3) is 0 Å². The zero-order chi connectivity index (χ0) is 34.7. The lowest BCUT2D eigenvalue weighted by Gasteiger charge is -2.29. The molecule has 9 rings (SSSR count). The number of rotatable bonds is 4. The Balaban J connectivity index is 0.000000135. The highest BCUT2D eigenvalue weighted by atomic mass is 16.3. The lowest BCUT2D eigenvalue weighted by atomic mass is 9.84. The van der Waals surface area contributed by atoms with E-state index in [0.717, 1.165) is 73.6 Å². The molecule has 4 heteroatoms. The van der Waals surface area contributed by atoms with Gasteiger partial charge in [0.25, 0.3) is 0 Å². The molecule has 0 saturated heterocycles. The van der Waals surface area contributed by atoms with Crippen LogP contribution in [-0.4, -0.2) is 20.4 Å². The smallest absolute Gasteiger partial charge is 0.0902 e. The van der Waals surface area contributed by atoms with Gasteiger partial charge < -0.3 is 20.4 Å². The van der Waals surface area contributed by atoms with Crippen LogP contribution in [0, 0.1) is 23.7 Å². The van der Waals surface area contributed by atoms with E-state index in [1.807, 2.05) is 158 Å². The second-order valence-electron chi connectivity index (χ2n) is 15.4. The van der Waals surface area contributed by atoms with E-state index < -0.39 is 22.4 Å². The second-order valence-corrected chi connectivity index (χ2v) is 15.4. The molecule has 4 N–H and O–H groups in total. The Bertz CT molecular complexity index is 1490. The molecule has 5 aromatic rings. The first-order valence-corrected chi connectivity index (χ1v) is 18.3. The van der Waals surface area contributed by atoms with Crippen LogP contribution in [0.3, 0.4) is 0 Å². The maximum absolute atomic E-state index is 11.0. The SMILES string of the molecule is OC1(c2ccccc2)CC2CC(O)(c3ccccc3)CC2C1.OC1(c2ccccc2)CC2CC(O)(c3ccccc3)CC2C1.c1ccccc1. The molecular weight excluding hydrogens is 617 g/mol. The van der Waals surface area contributed by atoms with Crippen LogP contribution >= 0.6 is 0 Å². The fourth-order valence-corrected chi connectivity index (χ4v) is 9.75. The lowest BCUT2D eigenvalue weighted by molar-refractivity contribution is -0.000365. The Kier molecular flexibility index (Phi) is 9.82. The largest absolute Gasteiger partial charge is 0.385 e. The van der Waals surface area contributed by atoms with Gasteiger partial charge in [0.1, 0.15) is 0 Å². The molecule has 50 heavy (non-hydrogen) atoms. The van der Waals surface area contributed by atoms with Gasteiger partial charge in [-0.3, -0.25) is 0 Å².